The predicted octanol–water partition coefficient (Wildman–Crippen LogP) is 1.65. The van der Waals surface area contributed by atoms with Crippen molar-refractivity contribution in [1.29, 1.82) is 0 Å². The van der Waals surface area contributed by atoms with E-state index in [1.165, 1.54) is 0 Å². The van der Waals surface area contributed by atoms with Crippen LogP contribution in [0, 0.1) is 0 Å². The van der Waals surface area contributed by atoms with Crippen LogP contribution in [-0.2, 0) is 6.61 Å². The average Bonchev–Trinajstić information content (AvgIpc) is 2.39. The Kier molecular flexibility index (Phi) is 4.23. The van der Waals surface area contributed by atoms with Gasteiger partial charge in [-0.05, 0) is 0 Å². The van der Waals surface area contributed by atoms with Gasteiger partial charge in [0.2, 0.25) is 0 Å². The van der Waals surface area contributed by atoms with Crippen molar-refractivity contribution in [3.05, 3.63) is 17.7 Å². The molecule has 0 aliphatic carbocycles. The molecular formula is C12H19N3OS. The van der Waals surface area contributed by atoms with Gasteiger partial charge in [0.05, 0.1) is 24.2 Å². The van der Waals surface area contributed by atoms with E-state index in [9.17, 15) is 5.11 Å². The molecule has 17 heavy (non-hydrogen) atoms. The van der Waals surface area contributed by atoms with Gasteiger partial charge in [0.15, 0.2) is 0 Å². The zero-order valence-electron chi connectivity index (χ0n) is 10.4. The van der Waals surface area contributed by atoms with E-state index in [1.807, 2.05) is 18.0 Å². The molecule has 2 rings (SSSR count). The number of nitrogens with zero attached hydrogens (tertiary/aromatic N) is 3. The number of aromatic nitrogens is 2. The lowest BCUT2D eigenvalue weighted by molar-refractivity contribution is 0.276. The van der Waals surface area contributed by atoms with Crippen LogP contribution < -0.4 is 4.90 Å². The van der Waals surface area contributed by atoms with E-state index in [1.54, 1.807) is 0 Å². The van der Waals surface area contributed by atoms with Crippen LogP contribution in [0.15, 0.2) is 6.20 Å². The Bertz CT molecular complexity index is 378. The van der Waals surface area contributed by atoms with E-state index in [2.05, 4.69) is 28.7 Å². The van der Waals surface area contributed by atoms with Crippen LogP contribution in [0.3, 0.4) is 0 Å². The molecule has 1 aromatic heterocycles. The quantitative estimate of drug-likeness (QED) is 0.887. The lowest BCUT2D eigenvalue weighted by Crippen LogP contribution is -2.33. The number of hydrogen-bond acceptors (Lipinski definition) is 5. The second-order valence-corrected chi connectivity index (χ2v) is 5.70. The van der Waals surface area contributed by atoms with Crippen LogP contribution in [0.25, 0.3) is 0 Å². The maximum Gasteiger partial charge on any atom is 0.131 e. The van der Waals surface area contributed by atoms with Crippen LogP contribution in [0.4, 0.5) is 5.69 Å². The Morgan fingerprint density at radius 1 is 1.41 bits per heavy atom. The second kappa shape index (κ2) is 5.69. The second-order valence-electron chi connectivity index (χ2n) is 4.47. The summed E-state index contributed by atoms with van der Waals surface area (Å²) in [5.41, 5.74) is 1.76. The Hall–Kier alpha value is -0.810. The minimum absolute atomic E-state index is 0.0127. The van der Waals surface area contributed by atoms with Crippen LogP contribution in [0.5, 0.6) is 0 Å². The van der Waals surface area contributed by atoms with Gasteiger partial charge < -0.3 is 10.0 Å². The van der Waals surface area contributed by atoms with Crippen LogP contribution in [0.2, 0.25) is 0 Å². The summed E-state index contributed by atoms with van der Waals surface area (Å²) < 4.78 is 0. The predicted molar refractivity (Wildman–Crippen MR) is 71.6 cm³/mol. The lowest BCUT2D eigenvalue weighted by Gasteiger charge is -2.29. The number of aliphatic hydroxyl groups excluding tert-OH is 1. The molecule has 0 unspecified atom stereocenters. The van der Waals surface area contributed by atoms with Crippen molar-refractivity contribution in [1.82, 2.24) is 9.97 Å². The third kappa shape index (κ3) is 2.90. The highest BCUT2D eigenvalue weighted by molar-refractivity contribution is 7.99. The van der Waals surface area contributed by atoms with Crippen molar-refractivity contribution >= 4 is 17.4 Å². The summed E-state index contributed by atoms with van der Waals surface area (Å²) in [4.78, 5) is 11.1. The molecule has 0 amide bonds. The number of thioether (sulfide) groups is 1. The molecule has 1 aliphatic heterocycles. The number of aliphatic hydroxyl groups is 1. The smallest absolute Gasteiger partial charge is 0.131 e. The highest BCUT2D eigenvalue weighted by Gasteiger charge is 2.17. The molecule has 0 saturated carbocycles. The zero-order chi connectivity index (χ0) is 12.3. The summed E-state index contributed by atoms with van der Waals surface area (Å²) in [7, 11) is 0. The fourth-order valence-corrected chi connectivity index (χ4v) is 2.79. The molecular weight excluding hydrogens is 234 g/mol. The number of rotatable bonds is 3. The van der Waals surface area contributed by atoms with Crippen LogP contribution in [0.1, 0.15) is 31.3 Å². The number of anilines is 1. The van der Waals surface area contributed by atoms with Crippen molar-refractivity contribution in [3.63, 3.8) is 0 Å². The topological polar surface area (TPSA) is 49.2 Å². The molecule has 1 fully saturated rings. The van der Waals surface area contributed by atoms with Gasteiger partial charge in [0.25, 0.3) is 0 Å². The van der Waals surface area contributed by atoms with Crippen molar-refractivity contribution in [3.8, 4) is 0 Å². The Labute approximate surface area is 106 Å². The lowest BCUT2D eigenvalue weighted by atomic mass is 10.2. The SMILES string of the molecule is CC(C)c1ncc(N2CCSCC2)c(CO)n1. The van der Waals surface area contributed by atoms with Gasteiger partial charge in [0, 0.05) is 30.5 Å². The first kappa shape index (κ1) is 12.6. The fourth-order valence-electron chi connectivity index (χ4n) is 1.89. The Morgan fingerprint density at radius 3 is 2.71 bits per heavy atom. The van der Waals surface area contributed by atoms with Crippen molar-refractivity contribution in [2.75, 3.05) is 29.5 Å². The normalized spacial score (nSPS) is 16.6. The molecule has 4 nitrogen and oxygen atoms in total. The minimum Gasteiger partial charge on any atom is -0.390 e. The Balaban J connectivity index is 2.26. The van der Waals surface area contributed by atoms with Crippen molar-refractivity contribution in [2.45, 2.75) is 26.4 Å². The maximum absolute atomic E-state index is 9.43. The Morgan fingerprint density at radius 2 is 2.12 bits per heavy atom. The van der Waals surface area contributed by atoms with Crippen LogP contribution >= 0.6 is 11.8 Å². The molecule has 1 N–H and O–H groups in total. The molecule has 1 saturated heterocycles. The molecule has 0 spiro atoms. The van der Waals surface area contributed by atoms with E-state index < -0.39 is 0 Å². The first-order chi connectivity index (χ1) is 8.22. The zero-order valence-corrected chi connectivity index (χ0v) is 11.2. The molecule has 1 aromatic rings. The average molecular weight is 253 g/mol. The van der Waals surface area contributed by atoms with E-state index in [-0.39, 0.29) is 6.61 Å². The van der Waals surface area contributed by atoms with Gasteiger partial charge in [-0.25, -0.2) is 9.97 Å². The summed E-state index contributed by atoms with van der Waals surface area (Å²) in [5.74, 6) is 3.38. The summed E-state index contributed by atoms with van der Waals surface area (Å²) in [6, 6.07) is 0. The maximum atomic E-state index is 9.43. The summed E-state index contributed by atoms with van der Waals surface area (Å²) >= 11 is 1.97. The van der Waals surface area contributed by atoms with Gasteiger partial charge in [-0.3, -0.25) is 0 Å². The standard InChI is InChI=1S/C12H19N3OS/c1-9(2)12-13-7-11(10(8-16)14-12)15-3-5-17-6-4-15/h7,9,16H,3-6,8H2,1-2H3. The van der Waals surface area contributed by atoms with Crippen molar-refractivity contribution in [2.24, 2.45) is 0 Å². The minimum atomic E-state index is -0.0127. The van der Waals surface area contributed by atoms with E-state index in [0.29, 0.717) is 5.92 Å². The van der Waals surface area contributed by atoms with Gasteiger partial charge >= 0.3 is 0 Å². The first-order valence-corrected chi connectivity index (χ1v) is 7.17. The van der Waals surface area contributed by atoms with Gasteiger partial charge in [-0.1, -0.05) is 13.8 Å². The van der Waals surface area contributed by atoms with Gasteiger partial charge in [0.1, 0.15) is 5.82 Å². The van der Waals surface area contributed by atoms with Crippen molar-refractivity contribution < 1.29 is 5.11 Å². The largest absolute Gasteiger partial charge is 0.390 e. The van der Waals surface area contributed by atoms with Crippen LogP contribution in [-0.4, -0.2) is 39.7 Å². The molecule has 0 atom stereocenters. The third-order valence-electron chi connectivity index (χ3n) is 2.88. The molecule has 0 radical (unpaired) electrons. The van der Waals surface area contributed by atoms with Gasteiger partial charge in [-0.15, -0.1) is 0 Å². The van der Waals surface area contributed by atoms with Gasteiger partial charge in [-0.2, -0.15) is 11.8 Å². The monoisotopic (exact) mass is 253 g/mol. The highest BCUT2D eigenvalue weighted by Crippen LogP contribution is 2.23. The third-order valence-corrected chi connectivity index (χ3v) is 3.82. The summed E-state index contributed by atoms with van der Waals surface area (Å²) in [5, 5.41) is 9.43. The molecule has 94 valence electrons. The van der Waals surface area contributed by atoms with E-state index >= 15 is 0 Å². The molecule has 2 heterocycles. The summed E-state index contributed by atoms with van der Waals surface area (Å²) in [6.45, 7) is 6.15. The fraction of sp³-hybridized carbons (Fsp3) is 0.667. The highest BCUT2D eigenvalue weighted by atomic mass is 32.2. The molecule has 0 bridgehead atoms. The molecule has 1 aliphatic rings. The number of hydrogen-bond donors (Lipinski definition) is 1. The van der Waals surface area contributed by atoms with E-state index in [4.69, 9.17) is 0 Å². The summed E-state index contributed by atoms with van der Waals surface area (Å²) in [6.07, 6.45) is 1.86. The first-order valence-electron chi connectivity index (χ1n) is 6.01. The molecule has 5 heteroatoms. The van der Waals surface area contributed by atoms with E-state index in [0.717, 1.165) is 41.8 Å². The molecule has 0 aromatic carbocycles.